The molecular weight excluding hydrogens is 230 g/mol. The van der Waals surface area contributed by atoms with Crippen molar-refractivity contribution in [2.75, 3.05) is 5.75 Å². The Bertz CT molecular complexity index is 381. The first-order valence-corrected chi connectivity index (χ1v) is 6.97. The third-order valence-corrected chi connectivity index (χ3v) is 5.85. The lowest BCUT2D eigenvalue weighted by molar-refractivity contribution is -0.128. The molecule has 0 heterocycles. The summed E-state index contributed by atoms with van der Waals surface area (Å²) >= 11 is 0. The van der Waals surface area contributed by atoms with E-state index in [0.717, 1.165) is 6.42 Å². The molecule has 0 aliphatic heterocycles. The second-order valence-electron chi connectivity index (χ2n) is 5.46. The lowest BCUT2D eigenvalue weighted by Gasteiger charge is -2.33. The Labute approximate surface area is 96.1 Å². The summed E-state index contributed by atoms with van der Waals surface area (Å²) in [6.45, 7) is 3.95. The van der Waals surface area contributed by atoms with E-state index in [4.69, 9.17) is 5.90 Å². The number of Topliss-reactive ketones (excluding diaryl/α,β-unsaturated/α-hetero) is 1. The summed E-state index contributed by atoms with van der Waals surface area (Å²) in [7, 11) is -3.79. The molecule has 0 aromatic heterocycles. The molecule has 0 aromatic carbocycles. The molecule has 2 N–H and O–H groups in total. The number of carbonyl (C=O) groups is 1. The van der Waals surface area contributed by atoms with E-state index in [0.29, 0.717) is 18.8 Å². The van der Waals surface area contributed by atoms with Crippen LogP contribution in [0.1, 0.15) is 33.1 Å². The van der Waals surface area contributed by atoms with Crippen molar-refractivity contribution in [1.82, 2.24) is 0 Å². The van der Waals surface area contributed by atoms with Crippen molar-refractivity contribution >= 4 is 16.3 Å². The van der Waals surface area contributed by atoms with E-state index in [1.54, 1.807) is 0 Å². The summed E-state index contributed by atoms with van der Waals surface area (Å²) < 4.78 is 27.0. The zero-order chi connectivity index (χ0) is 12.2. The van der Waals surface area contributed by atoms with Crippen LogP contribution in [0.15, 0.2) is 0 Å². The largest absolute Gasteiger partial charge is 0.414 e. The third-order valence-electron chi connectivity index (χ3n) is 4.71. The molecule has 2 aliphatic rings. The zero-order valence-electron chi connectivity index (χ0n) is 9.52. The number of hydrogen-bond acceptors (Lipinski definition) is 4. The van der Waals surface area contributed by atoms with Crippen LogP contribution in [0.4, 0.5) is 0 Å². The smallest absolute Gasteiger partial charge is 0.299 e. The van der Waals surface area contributed by atoms with Crippen molar-refractivity contribution in [2.45, 2.75) is 33.1 Å². The molecule has 3 atom stereocenters. The highest BCUT2D eigenvalue weighted by Gasteiger charge is 2.68. The molecule has 2 fully saturated rings. The van der Waals surface area contributed by atoms with Gasteiger partial charge < -0.3 is 0 Å². The molecule has 1 radical (unpaired) electrons. The molecule has 0 amide bonds. The molecule has 2 saturated carbocycles. The van der Waals surface area contributed by atoms with E-state index >= 15 is 0 Å². The van der Waals surface area contributed by atoms with Crippen LogP contribution in [0.5, 0.6) is 0 Å². The Balaban J connectivity index is 2.36. The van der Waals surface area contributed by atoms with Crippen LogP contribution in [0.25, 0.3) is 0 Å². The Morgan fingerprint density at radius 1 is 1.56 bits per heavy atom. The van der Waals surface area contributed by atoms with E-state index in [9.17, 15) is 13.6 Å². The topological polar surface area (TPSA) is 89.3 Å². The van der Waals surface area contributed by atoms with Crippen molar-refractivity contribution in [3.8, 4) is 0 Å². The van der Waals surface area contributed by atoms with Gasteiger partial charge in [-0.1, -0.05) is 13.8 Å². The quantitative estimate of drug-likeness (QED) is 0.596. The lowest BCUT2D eigenvalue weighted by atomic mass is 9.70. The number of carbonyl (C=O) groups excluding carboxylic acids is 1. The number of ketones is 1. The van der Waals surface area contributed by atoms with Crippen LogP contribution in [-0.2, 0) is 28.3 Å². The summed E-state index contributed by atoms with van der Waals surface area (Å²) in [5, 5.41) is 0. The van der Waals surface area contributed by atoms with E-state index in [-0.39, 0.29) is 17.0 Å². The van der Waals surface area contributed by atoms with Gasteiger partial charge in [0.2, 0.25) is 0 Å². The predicted octanol–water partition coefficient (Wildman–Crippen LogP) is 1.03. The van der Waals surface area contributed by atoms with E-state index in [1.807, 2.05) is 13.8 Å². The molecule has 91 valence electrons. The second kappa shape index (κ2) is 3.35. The maximum atomic E-state index is 12.0. The molecule has 0 aromatic rings. The minimum Gasteiger partial charge on any atom is -0.299 e. The van der Waals surface area contributed by atoms with E-state index < -0.39 is 15.9 Å². The van der Waals surface area contributed by atoms with Crippen LogP contribution in [0.2, 0.25) is 0 Å². The second-order valence-corrected chi connectivity index (χ2v) is 7.06. The predicted molar refractivity (Wildman–Crippen MR) is 57.4 cm³/mol. The standard InChI is InChI=1S/C10H17NO4S/c1-9(2)7-3-4-10(9,8(12)5-7)6-16(13,14)15-11/h7H,3-6,11H2,1-2H3/q+1/t7-,10-/m0/s1. The van der Waals surface area contributed by atoms with Crippen molar-refractivity contribution in [3.63, 3.8) is 0 Å². The average Bonchev–Trinajstić information content (AvgIpc) is 2.51. The van der Waals surface area contributed by atoms with Gasteiger partial charge in [0.15, 0.2) is 5.75 Å². The molecule has 16 heavy (non-hydrogen) atoms. The van der Waals surface area contributed by atoms with Gasteiger partial charge in [0.1, 0.15) is 5.78 Å². The zero-order valence-corrected chi connectivity index (χ0v) is 10.3. The number of rotatable bonds is 3. The van der Waals surface area contributed by atoms with E-state index in [2.05, 4.69) is 4.28 Å². The number of hydrogen-bond donors (Lipinski definition) is 1. The SMILES string of the molecule is CC1(C)[C@H]2CC[C@]1(C[S+]([O])(=O)ON)C(=O)C2. The maximum absolute atomic E-state index is 12.0. The molecular formula is C10H17NO4S+. The highest BCUT2D eigenvalue weighted by molar-refractivity contribution is 7.92. The number of fused-ring (bicyclic) bond motifs is 2. The molecule has 2 bridgehead atoms. The summed E-state index contributed by atoms with van der Waals surface area (Å²) in [5.41, 5.74) is -1.05. The lowest BCUT2D eigenvalue weighted by Crippen LogP contribution is -2.44. The fourth-order valence-electron chi connectivity index (χ4n) is 3.44. The Morgan fingerprint density at radius 2 is 2.19 bits per heavy atom. The van der Waals surface area contributed by atoms with Crippen LogP contribution < -0.4 is 5.90 Å². The van der Waals surface area contributed by atoms with Gasteiger partial charge in [-0.25, -0.2) is 0 Å². The summed E-state index contributed by atoms with van der Waals surface area (Å²) in [6.07, 6.45) is 2.04. The Morgan fingerprint density at radius 3 is 2.56 bits per heavy atom. The maximum Gasteiger partial charge on any atom is 0.414 e. The minimum absolute atomic E-state index is 0.0503. The van der Waals surface area contributed by atoms with Gasteiger partial charge in [0.25, 0.3) is 0 Å². The van der Waals surface area contributed by atoms with Gasteiger partial charge in [-0.2, -0.15) is 5.90 Å². The first kappa shape index (κ1) is 12.2. The highest BCUT2D eigenvalue weighted by Crippen LogP contribution is 2.64. The molecule has 0 spiro atoms. The summed E-state index contributed by atoms with van der Waals surface area (Å²) in [6, 6.07) is 0. The van der Waals surface area contributed by atoms with Crippen LogP contribution in [-0.4, -0.2) is 11.5 Å². The number of nitrogens with two attached hydrogens (primary N) is 1. The minimum atomic E-state index is -3.79. The van der Waals surface area contributed by atoms with Crippen molar-refractivity contribution in [3.05, 3.63) is 0 Å². The molecule has 6 heteroatoms. The summed E-state index contributed by atoms with van der Waals surface area (Å²) in [4.78, 5) is 12.0. The Kier molecular flexibility index (Phi) is 2.55. The van der Waals surface area contributed by atoms with Gasteiger partial charge in [-0.3, -0.25) is 4.79 Å². The third kappa shape index (κ3) is 1.40. The molecule has 5 nitrogen and oxygen atoms in total. The normalized spacial score (nSPS) is 40.0. The van der Waals surface area contributed by atoms with Crippen molar-refractivity contribution in [1.29, 1.82) is 0 Å². The molecule has 1 unspecified atom stereocenters. The molecule has 2 aliphatic carbocycles. The van der Waals surface area contributed by atoms with Gasteiger partial charge in [-0.15, -0.1) is 0 Å². The van der Waals surface area contributed by atoms with E-state index in [1.165, 1.54) is 0 Å². The van der Waals surface area contributed by atoms with Crippen molar-refractivity contribution < 1.29 is 17.8 Å². The summed E-state index contributed by atoms with van der Waals surface area (Å²) in [5.74, 6) is 4.82. The molecule has 2 rings (SSSR count). The first-order valence-electron chi connectivity index (χ1n) is 5.39. The Hall–Kier alpha value is -0.300. The van der Waals surface area contributed by atoms with Crippen LogP contribution in [0, 0.1) is 16.7 Å². The van der Waals surface area contributed by atoms with Crippen LogP contribution in [0.3, 0.4) is 0 Å². The fraction of sp³-hybridized carbons (Fsp3) is 0.900. The first-order chi connectivity index (χ1) is 7.25. The van der Waals surface area contributed by atoms with Crippen LogP contribution >= 0.6 is 0 Å². The van der Waals surface area contributed by atoms with Crippen molar-refractivity contribution in [2.24, 2.45) is 22.6 Å². The molecule has 0 saturated heterocycles. The monoisotopic (exact) mass is 247 g/mol. The average molecular weight is 247 g/mol. The van der Waals surface area contributed by atoms with Gasteiger partial charge in [-0.05, 0) is 32.7 Å². The van der Waals surface area contributed by atoms with Gasteiger partial charge in [0.05, 0.1) is 9.97 Å². The highest BCUT2D eigenvalue weighted by atomic mass is 32.3. The van der Waals surface area contributed by atoms with Gasteiger partial charge >= 0.3 is 10.5 Å². The van der Waals surface area contributed by atoms with Gasteiger partial charge in [0, 0.05) is 6.42 Å². The fourth-order valence-corrected chi connectivity index (χ4v) is 4.79.